The fourth-order valence-electron chi connectivity index (χ4n) is 2.06. The van der Waals surface area contributed by atoms with Gasteiger partial charge in [0, 0.05) is 30.8 Å². The molecule has 0 saturated heterocycles. The highest BCUT2D eigenvalue weighted by atomic mass is 16.2. The second-order valence-electron chi connectivity index (χ2n) is 4.75. The molecule has 0 aliphatic carbocycles. The van der Waals surface area contributed by atoms with Crippen LogP contribution in [-0.2, 0) is 0 Å². The summed E-state index contributed by atoms with van der Waals surface area (Å²) in [5.74, 6) is -0.000842. The van der Waals surface area contributed by atoms with Gasteiger partial charge in [0.15, 0.2) is 12.1 Å². The van der Waals surface area contributed by atoms with Gasteiger partial charge >= 0.3 is 0 Å². The normalized spacial score (nSPS) is 10.1. The van der Waals surface area contributed by atoms with E-state index in [9.17, 15) is 14.4 Å². The molecule has 0 radical (unpaired) electrons. The number of nitrogens with zero attached hydrogens (tertiary/aromatic N) is 2. The van der Waals surface area contributed by atoms with Gasteiger partial charge in [0.1, 0.15) is 5.82 Å². The van der Waals surface area contributed by atoms with Gasteiger partial charge in [0.05, 0.1) is 5.56 Å². The van der Waals surface area contributed by atoms with Crippen LogP contribution >= 0.6 is 0 Å². The van der Waals surface area contributed by atoms with Gasteiger partial charge in [-0.1, -0.05) is 25.1 Å². The lowest BCUT2D eigenvalue weighted by Crippen LogP contribution is -2.28. The monoisotopic (exact) mass is 296 g/mol. The first-order chi connectivity index (χ1) is 10.6. The summed E-state index contributed by atoms with van der Waals surface area (Å²) in [6.07, 6.45) is 2.52. The molecule has 0 fully saturated rings. The Bertz CT molecular complexity index is 725. The smallest absolute Gasteiger partial charge is 0.259 e. The van der Waals surface area contributed by atoms with Gasteiger partial charge in [0.25, 0.3) is 5.91 Å². The first-order valence-electron chi connectivity index (χ1n) is 6.90. The van der Waals surface area contributed by atoms with Crippen LogP contribution in [0.25, 0.3) is 0 Å². The Labute approximate surface area is 128 Å². The van der Waals surface area contributed by atoms with Gasteiger partial charge in [-0.15, -0.1) is 0 Å². The third kappa shape index (κ3) is 3.09. The summed E-state index contributed by atoms with van der Waals surface area (Å²) >= 11 is 0. The molecule has 2 rings (SSSR count). The number of rotatable bonds is 5. The molecule has 0 aliphatic rings. The summed E-state index contributed by atoms with van der Waals surface area (Å²) in [7, 11) is 1.56. The van der Waals surface area contributed by atoms with Crippen molar-refractivity contribution < 1.29 is 14.4 Å². The van der Waals surface area contributed by atoms with Crippen LogP contribution in [0.4, 0.5) is 5.82 Å². The molecule has 0 N–H and O–H groups in total. The zero-order valence-corrected chi connectivity index (χ0v) is 12.4. The molecule has 0 saturated carbocycles. The molecule has 1 heterocycles. The quantitative estimate of drug-likeness (QED) is 0.628. The minimum absolute atomic E-state index is 0.0159. The maximum Gasteiger partial charge on any atom is 0.259 e. The summed E-state index contributed by atoms with van der Waals surface area (Å²) in [6.45, 7) is 1.78. The number of aldehydes is 1. The minimum Gasteiger partial charge on any atom is -0.298 e. The van der Waals surface area contributed by atoms with E-state index in [0.717, 1.165) is 0 Å². The molecule has 0 atom stereocenters. The van der Waals surface area contributed by atoms with E-state index in [2.05, 4.69) is 4.98 Å². The van der Waals surface area contributed by atoms with Gasteiger partial charge in [-0.2, -0.15) is 0 Å². The topological polar surface area (TPSA) is 67.3 Å². The molecule has 0 spiro atoms. The summed E-state index contributed by atoms with van der Waals surface area (Å²) in [6, 6.07) is 9.75. The second-order valence-corrected chi connectivity index (χ2v) is 4.75. The molecule has 5 nitrogen and oxygen atoms in total. The summed E-state index contributed by atoms with van der Waals surface area (Å²) in [5.41, 5.74) is 1.13. The molecule has 1 aromatic heterocycles. The zero-order valence-electron chi connectivity index (χ0n) is 12.4. The van der Waals surface area contributed by atoms with E-state index in [1.54, 1.807) is 50.4 Å². The number of hydrogen-bond donors (Lipinski definition) is 0. The van der Waals surface area contributed by atoms with E-state index >= 15 is 0 Å². The van der Waals surface area contributed by atoms with Crippen LogP contribution < -0.4 is 4.90 Å². The van der Waals surface area contributed by atoms with Crippen LogP contribution in [-0.4, -0.2) is 30.0 Å². The van der Waals surface area contributed by atoms with Crippen LogP contribution in [0.3, 0.4) is 0 Å². The van der Waals surface area contributed by atoms with Crippen LogP contribution in [0.1, 0.15) is 44.4 Å². The van der Waals surface area contributed by atoms with Gasteiger partial charge in [-0.25, -0.2) is 4.98 Å². The average molecular weight is 296 g/mol. The van der Waals surface area contributed by atoms with Gasteiger partial charge in [-0.3, -0.25) is 19.3 Å². The Balaban J connectivity index is 2.35. The number of pyridine rings is 1. The number of benzene rings is 1. The molecule has 1 aromatic carbocycles. The third-order valence-corrected chi connectivity index (χ3v) is 3.36. The Kier molecular flexibility index (Phi) is 4.78. The predicted octanol–water partition coefficient (Wildman–Crippen LogP) is 2.76. The number of ketones is 1. The van der Waals surface area contributed by atoms with Crippen LogP contribution in [0.15, 0.2) is 42.6 Å². The van der Waals surface area contributed by atoms with Gasteiger partial charge in [0.2, 0.25) is 0 Å². The molecule has 0 aliphatic heterocycles. The molecule has 0 bridgehead atoms. The van der Waals surface area contributed by atoms with E-state index in [0.29, 0.717) is 35.2 Å². The van der Waals surface area contributed by atoms with Crippen molar-refractivity contribution in [1.29, 1.82) is 0 Å². The number of anilines is 1. The predicted molar refractivity (Wildman–Crippen MR) is 83.4 cm³/mol. The maximum absolute atomic E-state index is 12.5. The molecule has 2 aromatic rings. The lowest BCUT2D eigenvalue weighted by molar-refractivity contribution is 0.0977. The van der Waals surface area contributed by atoms with Crippen LogP contribution in [0, 0.1) is 0 Å². The lowest BCUT2D eigenvalue weighted by atomic mass is 10.1. The fraction of sp³-hybridized carbons (Fsp3) is 0.176. The highest BCUT2D eigenvalue weighted by Crippen LogP contribution is 2.17. The number of aromatic nitrogens is 1. The summed E-state index contributed by atoms with van der Waals surface area (Å²) in [4.78, 5) is 40.8. The summed E-state index contributed by atoms with van der Waals surface area (Å²) < 4.78 is 0. The van der Waals surface area contributed by atoms with Crippen molar-refractivity contribution in [3.05, 3.63) is 59.3 Å². The standard InChI is InChI=1S/C17H16N2O3/c1-3-15(21)12-8-9-18-16(10-12)19(2)17(22)14-7-5-4-6-13(14)11-20/h4-11H,3H2,1-2H3. The van der Waals surface area contributed by atoms with Crippen molar-refractivity contribution in [2.45, 2.75) is 13.3 Å². The Morgan fingerprint density at radius 3 is 2.64 bits per heavy atom. The van der Waals surface area contributed by atoms with Crippen molar-refractivity contribution in [3.63, 3.8) is 0 Å². The maximum atomic E-state index is 12.5. The van der Waals surface area contributed by atoms with Gasteiger partial charge < -0.3 is 0 Å². The minimum atomic E-state index is -0.351. The SMILES string of the molecule is CCC(=O)c1ccnc(N(C)C(=O)c2ccccc2C=O)c1. The molecular weight excluding hydrogens is 280 g/mol. The number of carbonyl (C=O) groups excluding carboxylic acids is 3. The fourth-order valence-corrected chi connectivity index (χ4v) is 2.06. The highest BCUT2D eigenvalue weighted by Gasteiger charge is 2.18. The Hall–Kier alpha value is -2.82. The molecule has 0 unspecified atom stereocenters. The van der Waals surface area contributed by atoms with Crippen molar-refractivity contribution in [1.82, 2.24) is 4.98 Å². The number of hydrogen-bond acceptors (Lipinski definition) is 4. The highest BCUT2D eigenvalue weighted by molar-refractivity contribution is 6.09. The number of carbonyl (C=O) groups is 3. The van der Waals surface area contributed by atoms with Crippen molar-refractivity contribution >= 4 is 23.8 Å². The van der Waals surface area contributed by atoms with Crippen LogP contribution in [0.2, 0.25) is 0 Å². The van der Waals surface area contributed by atoms with Crippen molar-refractivity contribution in [2.75, 3.05) is 11.9 Å². The molecule has 5 heteroatoms. The van der Waals surface area contributed by atoms with E-state index in [-0.39, 0.29) is 11.7 Å². The van der Waals surface area contributed by atoms with Gasteiger partial charge in [-0.05, 0) is 18.2 Å². The van der Waals surface area contributed by atoms with Crippen molar-refractivity contribution in [3.8, 4) is 0 Å². The van der Waals surface area contributed by atoms with E-state index < -0.39 is 0 Å². The largest absolute Gasteiger partial charge is 0.298 e. The Morgan fingerprint density at radius 2 is 1.95 bits per heavy atom. The molecule has 112 valence electrons. The molecule has 1 amide bonds. The van der Waals surface area contributed by atoms with Crippen molar-refractivity contribution in [2.24, 2.45) is 0 Å². The first kappa shape index (κ1) is 15.6. The average Bonchev–Trinajstić information content (AvgIpc) is 2.59. The first-order valence-corrected chi connectivity index (χ1v) is 6.90. The number of amides is 1. The van der Waals surface area contributed by atoms with E-state index in [1.165, 1.54) is 11.1 Å². The zero-order chi connectivity index (χ0) is 16.1. The van der Waals surface area contributed by atoms with Crippen LogP contribution in [0.5, 0.6) is 0 Å². The summed E-state index contributed by atoms with van der Waals surface area (Å²) in [5, 5.41) is 0. The number of Topliss-reactive ketones (excluding diaryl/α,β-unsaturated/α-hetero) is 1. The van der Waals surface area contributed by atoms with E-state index in [4.69, 9.17) is 0 Å². The second kappa shape index (κ2) is 6.76. The molecule has 22 heavy (non-hydrogen) atoms. The van der Waals surface area contributed by atoms with E-state index in [1.807, 2.05) is 0 Å². The lowest BCUT2D eigenvalue weighted by Gasteiger charge is -2.17. The molecular formula is C17H16N2O3. The Morgan fingerprint density at radius 1 is 1.23 bits per heavy atom. The third-order valence-electron chi connectivity index (χ3n) is 3.36.